The third-order valence-corrected chi connectivity index (χ3v) is 2.27. The summed E-state index contributed by atoms with van der Waals surface area (Å²) in [7, 11) is 0. The molecule has 0 saturated heterocycles. The molecule has 1 aromatic heterocycles. The van der Waals surface area contributed by atoms with Gasteiger partial charge < -0.3 is 10.2 Å². The van der Waals surface area contributed by atoms with Gasteiger partial charge in [0.2, 0.25) is 0 Å². The van der Waals surface area contributed by atoms with E-state index in [-0.39, 0.29) is 0 Å². The van der Waals surface area contributed by atoms with Crippen LogP contribution in [0.4, 0.5) is 5.69 Å². The van der Waals surface area contributed by atoms with Crippen molar-refractivity contribution in [2.45, 2.75) is 13.8 Å². The SMILES string of the molecule is Cc1ccc(-c2cc(N)ccc2C)o1. The van der Waals surface area contributed by atoms with Crippen molar-refractivity contribution in [1.29, 1.82) is 0 Å². The molecule has 1 aromatic carbocycles. The van der Waals surface area contributed by atoms with E-state index in [2.05, 4.69) is 0 Å². The van der Waals surface area contributed by atoms with Crippen molar-refractivity contribution < 1.29 is 4.42 Å². The van der Waals surface area contributed by atoms with Crippen LogP contribution < -0.4 is 5.73 Å². The lowest BCUT2D eigenvalue weighted by Crippen LogP contribution is -1.87. The number of aryl methyl sites for hydroxylation is 2. The highest BCUT2D eigenvalue weighted by molar-refractivity contribution is 5.66. The zero-order valence-corrected chi connectivity index (χ0v) is 8.37. The van der Waals surface area contributed by atoms with E-state index in [0.29, 0.717) is 0 Å². The molecule has 0 atom stereocenters. The first-order valence-corrected chi connectivity index (χ1v) is 4.60. The fourth-order valence-corrected chi connectivity index (χ4v) is 1.48. The molecule has 0 unspecified atom stereocenters. The summed E-state index contributed by atoms with van der Waals surface area (Å²) in [5.74, 6) is 1.80. The topological polar surface area (TPSA) is 39.2 Å². The average molecular weight is 187 g/mol. The van der Waals surface area contributed by atoms with Gasteiger partial charge in [-0.15, -0.1) is 0 Å². The summed E-state index contributed by atoms with van der Waals surface area (Å²) in [5.41, 5.74) is 8.74. The van der Waals surface area contributed by atoms with Gasteiger partial charge in [0.25, 0.3) is 0 Å². The maximum atomic E-state index is 5.73. The number of nitrogen functional groups attached to an aromatic ring is 1. The molecule has 14 heavy (non-hydrogen) atoms. The summed E-state index contributed by atoms with van der Waals surface area (Å²) in [5, 5.41) is 0. The minimum Gasteiger partial charge on any atom is -0.461 e. The second-order valence-corrected chi connectivity index (χ2v) is 3.48. The quantitative estimate of drug-likeness (QED) is 0.696. The van der Waals surface area contributed by atoms with Crippen LogP contribution in [0.2, 0.25) is 0 Å². The molecule has 0 saturated carbocycles. The number of hydrogen-bond acceptors (Lipinski definition) is 2. The molecular formula is C12H13NO. The standard InChI is InChI=1S/C12H13NO/c1-8-3-5-10(13)7-11(8)12-6-4-9(2)14-12/h3-7H,13H2,1-2H3. The average Bonchev–Trinajstić information content (AvgIpc) is 2.56. The van der Waals surface area contributed by atoms with Gasteiger partial charge in [0.05, 0.1) is 0 Å². The highest BCUT2D eigenvalue weighted by atomic mass is 16.3. The molecule has 0 spiro atoms. The Morgan fingerprint density at radius 3 is 2.50 bits per heavy atom. The summed E-state index contributed by atoms with van der Waals surface area (Å²) in [6, 6.07) is 9.76. The molecule has 2 N–H and O–H groups in total. The van der Waals surface area contributed by atoms with E-state index >= 15 is 0 Å². The van der Waals surface area contributed by atoms with Gasteiger partial charge in [-0.25, -0.2) is 0 Å². The summed E-state index contributed by atoms with van der Waals surface area (Å²) < 4.78 is 5.55. The van der Waals surface area contributed by atoms with Gasteiger partial charge >= 0.3 is 0 Å². The predicted octanol–water partition coefficient (Wildman–Crippen LogP) is 3.15. The Kier molecular flexibility index (Phi) is 2.04. The Bertz CT molecular complexity index is 457. The molecule has 0 fully saturated rings. The molecule has 72 valence electrons. The fourth-order valence-electron chi connectivity index (χ4n) is 1.48. The number of furan rings is 1. The molecule has 2 aromatic rings. The number of benzene rings is 1. The Hall–Kier alpha value is -1.70. The molecule has 0 bridgehead atoms. The van der Waals surface area contributed by atoms with E-state index in [1.165, 1.54) is 5.56 Å². The van der Waals surface area contributed by atoms with Crippen LogP contribution in [0.3, 0.4) is 0 Å². The maximum Gasteiger partial charge on any atom is 0.134 e. The summed E-state index contributed by atoms with van der Waals surface area (Å²) in [6.07, 6.45) is 0. The second-order valence-electron chi connectivity index (χ2n) is 3.48. The van der Waals surface area contributed by atoms with Crippen molar-refractivity contribution >= 4 is 5.69 Å². The Morgan fingerprint density at radius 1 is 1.07 bits per heavy atom. The molecule has 0 aliphatic carbocycles. The van der Waals surface area contributed by atoms with Crippen LogP contribution in [0, 0.1) is 13.8 Å². The summed E-state index contributed by atoms with van der Waals surface area (Å²) in [4.78, 5) is 0. The van der Waals surface area contributed by atoms with E-state index in [4.69, 9.17) is 10.2 Å². The first-order chi connectivity index (χ1) is 6.66. The molecule has 2 heteroatoms. The first kappa shape index (κ1) is 8.88. The molecule has 0 aliphatic rings. The molecule has 2 nitrogen and oxygen atoms in total. The highest BCUT2D eigenvalue weighted by Gasteiger charge is 2.05. The van der Waals surface area contributed by atoms with Crippen LogP contribution in [-0.4, -0.2) is 0 Å². The smallest absolute Gasteiger partial charge is 0.134 e. The maximum absolute atomic E-state index is 5.73. The fraction of sp³-hybridized carbons (Fsp3) is 0.167. The van der Waals surface area contributed by atoms with Crippen LogP contribution in [0.15, 0.2) is 34.7 Å². The Balaban J connectivity index is 2.55. The van der Waals surface area contributed by atoms with Gasteiger partial charge in [-0.2, -0.15) is 0 Å². The Labute approximate surface area is 83.4 Å². The van der Waals surface area contributed by atoms with Gasteiger partial charge in [0, 0.05) is 11.3 Å². The van der Waals surface area contributed by atoms with E-state index < -0.39 is 0 Å². The lowest BCUT2D eigenvalue weighted by molar-refractivity contribution is 0.548. The van der Waals surface area contributed by atoms with Gasteiger partial charge in [-0.05, 0) is 43.7 Å². The third kappa shape index (κ3) is 1.51. The van der Waals surface area contributed by atoms with Crippen molar-refractivity contribution in [2.75, 3.05) is 5.73 Å². The van der Waals surface area contributed by atoms with Crippen molar-refractivity contribution in [3.8, 4) is 11.3 Å². The minimum absolute atomic E-state index is 0.764. The first-order valence-electron chi connectivity index (χ1n) is 4.60. The van der Waals surface area contributed by atoms with Gasteiger partial charge in [0.1, 0.15) is 11.5 Å². The number of nitrogens with two attached hydrogens (primary N) is 1. The Morgan fingerprint density at radius 2 is 1.86 bits per heavy atom. The lowest BCUT2D eigenvalue weighted by atomic mass is 10.1. The van der Waals surface area contributed by atoms with Crippen molar-refractivity contribution in [2.24, 2.45) is 0 Å². The zero-order chi connectivity index (χ0) is 10.1. The van der Waals surface area contributed by atoms with Gasteiger partial charge in [-0.1, -0.05) is 6.07 Å². The molecule has 1 heterocycles. The minimum atomic E-state index is 0.764. The summed E-state index contributed by atoms with van der Waals surface area (Å²) in [6.45, 7) is 3.98. The van der Waals surface area contributed by atoms with Crippen LogP contribution in [0.25, 0.3) is 11.3 Å². The number of anilines is 1. The van der Waals surface area contributed by atoms with E-state index in [9.17, 15) is 0 Å². The van der Waals surface area contributed by atoms with E-state index in [0.717, 1.165) is 22.8 Å². The third-order valence-electron chi connectivity index (χ3n) is 2.27. The van der Waals surface area contributed by atoms with Crippen LogP contribution in [-0.2, 0) is 0 Å². The van der Waals surface area contributed by atoms with Crippen LogP contribution in [0.5, 0.6) is 0 Å². The number of hydrogen-bond donors (Lipinski definition) is 1. The zero-order valence-electron chi connectivity index (χ0n) is 8.37. The molecule has 0 amide bonds. The van der Waals surface area contributed by atoms with E-state index in [1.54, 1.807) is 0 Å². The van der Waals surface area contributed by atoms with Crippen LogP contribution in [0.1, 0.15) is 11.3 Å². The normalized spacial score (nSPS) is 10.4. The monoisotopic (exact) mass is 187 g/mol. The van der Waals surface area contributed by atoms with Gasteiger partial charge in [-0.3, -0.25) is 0 Å². The van der Waals surface area contributed by atoms with Gasteiger partial charge in [0.15, 0.2) is 0 Å². The summed E-state index contributed by atoms with van der Waals surface area (Å²) >= 11 is 0. The molecular weight excluding hydrogens is 174 g/mol. The predicted molar refractivity (Wildman–Crippen MR) is 58.0 cm³/mol. The molecule has 0 radical (unpaired) electrons. The van der Waals surface area contributed by atoms with E-state index in [1.807, 2.05) is 44.2 Å². The van der Waals surface area contributed by atoms with Crippen molar-refractivity contribution in [1.82, 2.24) is 0 Å². The lowest BCUT2D eigenvalue weighted by Gasteiger charge is -2.03. The van der Waals surface area contributed by atoms with Crippen molar-refractivity contribution in [3.05, 3.63) is 41.7 Å². The molecule has 2 rings (SSSR count). The van der Waals surface area contributed by atoms with Crippen molar-refractivity contribution in [3.63, 3.8) is 0 Å². The number of rotatable bonds is 1. The largest absolute Gasteiger partial charge is 0.461 e. The second kappa shape index (κ2) is 3.22. The highest BCUT2D eigenvalue weighted by Crippen LogP contribution is 2.26. The molecule has 0 aliphatic heterocycles. The van der Waals surface area contributed by atoms with Crippen LogP contribution >= 0.6 is 0 Å².